The van der Waals surface area contributed by atoms with Crippen LogP contribution < -0.4 is 0 Å². The second-order valence-corrected chi connectivity index (χ2v) is 5.11. The summed E-state index contributed by atoms with van der Waals surface area (Å²) in [5, 5.41) is -0.132. The Morgan fingerprint density at radius 3 is 1.73 bits per heavy atom. The van der Waals surface area contributed by atoms with Gasteiger partial charge in [0.1, 0.15) is 10.1 Å². The van der Waals surface area contributed by atoms with Crippen LogP contribution in [0.25, 0.3) is 0 Å². The lowest BCUT2D eigenvalue weighted by atomic mass is 9.74. The number of carbonyl (C=O) groups excluding carboxylic acids is 2. The van der Waals surface area contributed by atoms with Crippen molar-refractivity contribution in [2.45, 2.75) is 6.42 Å². The first-order chi connectivity index (χ1) is 7.11. The molecule has 0 radical (unpaired) electrons. The summed E-state index contributed by atoms with van der Waals surface area (Å²) in [6.45, 7) is 0. The minimum atomic E-state index is -0.248. The van der Waals surface area contributed by atoms with E-state index in [1.165, 1.54) is 0 Å². The van der Waals surface area contributed by atoms with Crippen molar-refractivity contribution in [3.63, 3.8) is 0 Å². The third-order valence-corrected chi connectivity index (χ3v) is 4.54. The van der Waals surface area contributed by atoms with E-state index in [1.54, 1.807) is 0 Å². The fraction of sp³-hybridized carbons (Fsp3) is 0.455. The number of halogens is 2. The zero-order valence-electron chi connectivity index (χ0n) is 7.74. The Bertz CT molecular complexity index is 398. The normalized spacial score (nSPS) is 42.8. The van der Waals surface area contributed by atoms with Gasteiger partial charge in [-0.25, -0.2) is 0 Å². The minimum Gasteiger partial charge on any atom is -0.293 e. The fourth-order valence-corrected chi connectivity index (χ4v) is 3.48. The van der Waals surface area contributed by atoms with Gasteiger partial charge in [-0.05, 0) is 18.3 Å². The highest BCUT2D eigenvalue weighted by molar-refractivity contribution is 6.56. The Kier molecular flexibility index (Phi) is 1.89. The minimum absolute atomic E-state index is 0.0659. The molecule has 1 saturated carbocycles. The molecule has 4 heteroatoms. The van der Waals surface area contributed by atoms with Crippen molar-refractivity contribution in [3.05, 3.63) is 22.2 Å². The molecule has 2 nitrogen and oxygen atoms in total. The highest BCUT2D eigenvalue weighted by Crippen LogP contribution is 2.53. The predicted octanol–water partition coefficient (Wildman–Crippen LogP) is 2.27. The number of ketones is 2. The number of allylic oxidation sites excluding steroid dienone is 4. The summed E-state index contributed by atoms with van der Waals surface area (Å²) in [4.78, 5) is 23.8. The third kappa shape index (κ3) is 1.07. The molecular formula is C11H8Cl2O2. The topological polar surface area (TPSA) is 34.1 Å². The molecule has 1 fully saturated rings. The average molecular weight is 243 g/mol. The maximum Gasteiger partial charge on any atom is 0.180 e. The summed E-state index contributed by atoms with van der Waals surface area (Å²) in [5.41, 5.74) is 0. The molecule has 4 atom stereocenters. The maximum atomic E-state index is 11.9. The fourth-order valence-electron chi connectivity index (χ4n) is 3.05. The van der Waals surface area contributed by atoms with E-state index in [1.807, 2.05) is 12.2 Å². The molecule has 0 heterocycles. The summed E-state index contributed by atoms with van der Waals surface area (Å²) in [6, 6.07) is 0. The van der Waals surface area contributed by atoms with E-state index in [9.17, 15) is 9.59 Å². The molecule has 0 spiro atoms. The lowest BCUT2D eigenvalue weighted by molar-refractivity contribution is -0.130. The van der Waals surface area contributed by atoms with E-state index in [0.29, 0.717) is 0 Å². The number of hydrogen-bond acceptors (Lipinski definition) is 2. The molecule has 3 rings (SSSR count). The van der Waals surface area contributed by atoms with Crippen LogP contribution in [0.2, 0.25) is 0 Å². The number of hydrogen-bond donors (Lipinski definition) is 0. The largest absolute Gasteiger partial charge is 0.293 e. The molecule has 0 N–H and O–H groups in total. The SMILES string of the molecule is O=C1C(Cl)=C(Cl)C(=O)[C@H]2[C@H]1[C@@H]1C=C[C@H]2C1. The molecule has 78 valence electrons. The van der Waals surface area contributed by atoms with Crippen molar-refractivity contribution in [2.75, 3.05) is 0 Å². The van der Waals surface area contributed by atoms with Crippen LogP contribution in [0.15, 0.2) is 22.2 Å². The second-order valence-electron chi connectivity index (χ2n) is 4.36. The number of fused-ring (bicyclic) bond motifs is 5. The molecule has 0 amide bonds. The number of Topliss-reactive ketones (excluding diaryl/α,β-unsaturated/α-hetero) is 2. The van der Waals surface area contributed by atoms with Crippen molar-refractivity contribution in [1.29, 1.82) is 0 Å². The Labute approximate surface area is 96.9 Å². The van der Waals surface area contributed by atoms with Gasteiger partial charge in [0.15, 0.2) is 11.6 Å². The van der Waals surface area contributed by atoms with E-state index < -0.39 is 0 Å². The highest BCUT2D eigenvalue weighted by atomic mass is 35.5. The van der Waals surface area contributed by atoms with Crippen molar-refractivity contribution in [2.24, 2.45) is 23.7 Å². The monoisotopic (exact) mass is 242 g/mol. The molecule has 0 aromatic carbocycles. The summed E-state index contributed by atoms with van der Waals surface area (Å²) < 4.78 is 0. The van der Waals surface area contributed by atoms with Gasteiger partial charge in [-0.1, -0.05) is 35.4 Å². The summed E-state index contributed by atoms with van der Waals surface area (Å²) >= 11 is 11.5. The van der Waals surface area contributed by atoms with Gasteiger partial charge in [0.25, 0.3) is 0 Å². The summed E-state index contributed by atoms with van der Waals surface area (Å²) in [6.07, 6.45) is 4.95. The lowest BCUT2D eigenvalue weighted by Crippen LogP contribution is -2.37. The molecule has 0 saturated heterocycles. The van der Waals surface area contributed by atoms with Crippen LogP contribution in [-0.2, 0) is 9.59 Å². The van der Waals surface area contributed by atoms with E-state index in [-0.39, 0.29) is 45.3 Å². The van der Waals surface area contributed by atoms with Crippen molar-refractivity contribution >= 4 is 34.8 Å². The van der Waals surface area contributed by atoms with Crippen LogP contribution in [0.4, 0.5) is 0 Å². The zero-order valence-corrected chi connectivity index (χ0v) is 9.26. The zero-order chi connectivity index (χ0) is 10.7. The molecule has 3 aliphatic carbocycles. The first kappa shape index (κ1) is 9.61. The van der Waals surface area contributed by atoms with Crippen LogP contribution in [-0.4, -0.2) is 11.6 Å². The molecule has 3 aliphatic rings. The molecule has 0 unspecified atom stereocenters. The molecule has 2 bridgehead atoms. The molecule has 15 heavy (non-hydrogen) atoms. The Morgan fingerprint density at radius 1 is 0.933 bits per heavy atom. The smallest absolute Gasteiger partial charge is 0.180 e. The Balaban J connectivity index is 2.13. The quantitative estimate of drug-likeness (QED) is 0.611. The summed E-state index contributed by atoms with van der Waals surface area (Å²) in [5.74, 6) is -0.416. The van der Waals surface area contributed by atoms with E-state index in [4.69, 9.17) is 23.2 Å². The Morgan fingerprint density at radius 2 is 1.33 bits per heavy atom. The first-order valence-corrected chi connectivity index (χ1v) is 5.69. The van der Waals surface area contributed by atoms with Crippen LogP contribution in [0.1, 0.15) is 6.42 Å². The number of carbonyl (C=O) groups is 2. The average Bonchev–Trinajstić information content (AvgIpc) is 2.82. The van der Waals surface area contributed by atoms with Crippen LogP contribution >= 0.6 is 23.2 Å². The van der Waals surface area contributed by atoms with Gasteiger partial charge in [-0.3, -0.25) is 9.59 Å². The van der Waals surface area contributed by atoms with Gasteiger partial charge in [-0.2, -0.15) is 0 Å². The van der Waals surface area contributed by atoms with Gasteiger partial charge in [-0.15, -0.1) is 0 Å². The second kappa shape index (κ2) is 2.96. The van der Waals surface area contributed by atoms with Gasteiger partial charge in [0.2, 0.25) is 0 Å². The predicted molar refractivity (Wildman–Crippen MR) is 56.5 cm³/mol. The van der Waals surface area contributed by atoms with Gasteiger partial charge < -0.3 is 0 Å². The van der Waals surface area contributed by atoms with E-state index in [2.05, 4.69) is 0 Å². The van der Waals surface area contributed by atoms with Gasteiger partial charge >= 0.3 is 0 Å². The first-order valence-electron chi connectivity index (χ1n) is 4.93. The van der Waals surface area contributed by atoms with Crippen LogP contribution in [0.3, 0.4) is 0 Å². The van der Waals surface area contributed by atoms with Crippen LogP contribution in [0, 0.1) is 23.7 Å². The van der Waals surface area contributed by atoms with Crippen molar-refractivity contribution < 1.29 is 9.59 Å². The maximum absolute atomic E-state index is 11.9. The highest BCUT2D eigenvalue weighted by Gasteiger charge is 2.55. The Hall–Kier alpha value is -0.600. The van der Waals surface area contributed by atoms with E-state index in [0.717, 1.165) is 6.42 Å². The van der Waals surface area contributed by atoms with Gasteiger partial charge in [0, 0.05) is 11.8 Å². The van der Waals surface area contributed by atoms with Gasteiger partial charge in [0.05, 0.1) is 0 Å². The third-order valence-electron chi connectivity index (χ3n) is 3.69. The molecule has 0 aromatic heterocycles. The van der Waals surface area contributed by atoms with E-state index >= 15 is 0 Å². The number of rotatable bonds is 0. The summed E-state index contributed by atoms with van der Waals surface area (Å²) in [7, 11) is 0. The van der Waals surface area contributed by atoms with Crippen molar-refractivity contribution in [1.82, 2.24) is 0 Å². The molecule has 0 aliphatic heterocycles. The molecular weight excluding hydrogens is 235 g/mol. The van der Waals surface area contributed by atoms with Crippen molar-refractivity contribution in [3.8, 4) is 0 Å². The standard InChI is InChI=1S/C11H8Cl2O2/c12-8-9(13)11(15)7-5-2-1-4(3-5)6(7)10(8)14/h1-2,4-7H,3H2/t4-,5+,6-,7-/m1/s1. The van der Waals surface area contributed by atoms with Crippen LogP contribution in [0.5, 0.6) is 0 Å². The lowest BCUT2D eigenvalue weighted by Gasteiger charge is -2.29. The molecule has 0 aromatic rings.